The molecule has 78 valence electrons. The lowest BCUT2D eigenvalue weighted by molar-refractivity contribution is -0.389. The number of nitro groups is 1. The lowest BCUT2D eigenvalue weighted by atomic mass is 10.4. The van der Waals surface area contributed by atoms with E-state index in [4.69, 9.17) is 6.42 Å². The van der Waals surface area contributed by atoms with E-state index >= 15 is 0 Å². The maximum absolute atomic E-state index is 11.5. The van der Waals surface area contributed by atoms with Crippen LogP contribution in [0.2, 0.25) is 0 Å². The molecule has 0 saturated heterocycles. The highest BCUT2D eigenvalue weighted by Gasteiger charge is 2.18. The molecule has 1 aromatic rings. The molecule has 1 amide bonds. The second-order valence-corrected chi connectivity index (χ2v) is 2.88. The summed E-state index contributed by atoms with van der Waals surface area (Å²) in [4.78, 5) is 25.0. The Morgan fingerprint density at radius 2 is 2.40 bits per heavy atom. The Bertz CT molecular complexity index is 430. The van der Waals surface area contributed by atoms with E-state index < -0.39 is 4.92 Å². The van der Waals surface area contributed by atoms with E-state index in [1.807, 2.05) is 0 Å². The maximum Gasteiger partial charge on any atom is 0.321 e. The minimum absolute atomic E-state index is 0.152. The molecule has 15 heavy (non-hydrogen) atoms. The molecular weight excluding hydrogens is 198 g/mol. The number of H-pyrrole nitrogens is 1. The van der Waals surface area contributed by atoms with Crippen LogP contribution in [-0.4, -0.2) is 34.3 Å². The molecule has 0 spiro atoms. The van der Waals surface area contributed by atoms with Gasteiger partial charge in [-0.3, -0.25) is 4.79 Å². The van der Waals surface area contributed by atoms with Gasteiger partial charge in [-0.05, 0) is 11.0 Å². The molecule has 1 heterocycles. The van der Waals surface area contributed by atoms with Gasteiger partial charge in [-0.1, -0.05) is 5.92 Å². The van der Waals surface area contributed by atoms with E-state index in [-0.39, 0.29) is 24.0 Å². The van der Waals surface area contributed by atoms with Gasteiger partial charge in [0.05, 0.1) is 6.54 Å². The fourth-order valence-corrected chi connectivity index (χ4v) is 1.03. The van der Waals surface area contributed by atoms with Gasteiger partial charge in [0.2, 0.25) is 0 Å². The van der Waals surface area contributed by atoms with Crippen molar-refractivity contribution in [2.45, 2.75) is 0 Å². The Balaban J connectivity index is 2.84. The Kier molecular flexibility index (Phi) is 3.08. The fraction of sp³-hybridized carbons (Fsp3) is 0.222. The first-order valence-corrected chi connectivity index (χ1v) is 4.08. The smallest absolute Gasteiger partial charge is 0.321 e. The number of nitrogens with one attached hydrogen (secondary N) is 1. The number of amides is 1. The Labute approximate surface area is 86.0 Å². The van der Waals surface area contributed by atoms with Gasteiger partial charge in [0, 0.05) is 13.1 Å². The first-order valence-electron chi connectivity index (χ1n) is 4.08. The Morgan fingerprint density at radius 1 is 1.73 bits per heavy atom. The normalized spacial score (nSPS) is 9.33. The number of nitrogens with zero attached hydrogens (tertiary/aromatic N) is 2. The second-order valence-electron chi connectivity index (χ2n) is 2.88. The average molecular weight is 207 g/mol. The van der Waals surface area contributed by atoms with Crippen LogP contribution < -0.4 is 0 Å². The summed E-state index contributed by atoms with van der Waals surface area (Å²) in [5, 5.41) is 10.3. The second kappa shape index (κ2) is 4.28. The van der Waals surface area contributed by atoms with E-state index in [2.05, 4.69) is 10.9 Å². The van der Waals surface area contributed by atoms with Gasteiger partial charge in [0.1, 0.15) is 0 Å². The van der Waals surface area contributed by atoms with Crippen molar-refractivity contribution in [2.75, 3.05) is 13.6 Å². The average Bonchev–Trinajstić information content (AvgIpc) is 2.65. The van der Waals surface area contributed by atoms with E-state index in [0.29, 0.717) is 0 Å². The molecule has 0 atom stereocenters. The summed E-state index contributed by atoms with van der Waals surface area (Å²) in [6.45, 7) is 0.158. The summed E-state index contributed by atoms with van der Waals surface area (Å²) in [5.41, 5.74) is 0.152. The first-order chi connectivity index (χ1) is 7.06. The zero-order valence-electron chi connectivity index (χ0n) is 8.06. The van der Waals surface area contributed by atoms with Crippen LogP contribution in [0, 0.1) is 22.5 Å². The van der Waals surface area contributed by atoms with Crippen LogP contribution in [0.25, 0.3) is 0 Å². The highest BCUT2D eigenvalue weighted by molar-refractivity contribution is 5.92. The van der Waals surface area contributed by atoms with Gasteiger partial charge in [-0.25, -0.2) is 4.98 Å². The zero-order valence-corrected chi connectivity index (χ0v) is 8.06. The number of hydrogen-bond donors (Lipinski definition) is 1. The number of hydrogen-bond acceptors (Lipinski definition) is 3. The zero-order chi connectivity index (χ0) is 11.4. The molecule has 0 aliphatic rings. The van der Waals surface area contributed by atoms with Crippen LogP contribution in [0.5, 0.6) is 0 Å². The quantitative estimate of drug-likeness (QED) is 0.448. The van der Waals surface area contributed by atoms with Gasteiger partial charge in [-0.2, -0.15) is 0 Å². The van der Waals surface area contributed by atoms with Crippen molar-refractivity contribution < 1.29 is 9.72 Å². The number of terminal acetylenes is 1. The summed E-state index contributed by atoms with van der Waals surface area (Å²) in [7, 11) is 1.52. The van der Waals surface area contributed by atoms with E-state index in [1.54, 1.807) is 0 Å². The minimum Gasteiger partial charge on any atom is -0.358 e. The van der Waals surface area contributed by atoms with Crippen LogP contribution in [0.1, 0.15) is 10.5 Å². The van der Waals surface area contributed by atoms with Crippen LogP contribution >= 0.6 is 0 Å². The lowest BCUT2D eigenvalue weighted by Crippen LogP contribution is -2.27. The fourth-order valence-electron chi connectivity index (χ4n) is 1.03. The summed E-state index contributed by atoms with van der Waals surface area (Å²) in [5.74, 6) is 1.72. The lowest BCUT2D eigenvalue weighted by Gasteiger charge is -2.10. The van der Waals surface area contributed by atoms with E-state index in [9.17, 15) is 14.9 Å². The number of aromatic nitrogens is 1. The molecule has 0 aliphatic heterocycles. The molecule has 0 saturated carbocycles. The third-order valence-corrected chi connectivity index (χ3v) is 1.77. The van der Waals surface area contributed by atoms with Gasteiger partial charge in [0.25, 0.3) is 5.91 Å². The van der Waals surface area contributed by atoms with Gasteiger partial charge >= 0.3 is 5.82 Å². The summed E-state index contributed by atoms with van der Waals surface area (Å²) in [6, 6.07) is 2.59. The van der Waals surface area contributed by atoms with Gasteiger partial charge in [-0.15, -0.1) is 6.42 Å². The topological polar surface area (TPSA) is 79.2 Å². The molecule has 6 nitrogen and oxygen atoms in total. The summed E-state index contributed by atoms with van der Waals surface area (Å²) in [6.07, 6.45) is 5.04. The van der Waals surface area contributed by atoms with Crippen molar-refractivity contribution in [3.63, 3.8) is 0 Å². The van der Waals surface area contributed by atoms with E-state index in [1.165, 1.54) is 24.1 Å². The highest BCUT2D eigenvalue weighted by Crippen LogP contribution is 2.11. The number of carbonyl (C=O) groups excluding carboxylic acids is 1. The number of carbonyl (C=O) groups is 1. The summed E-state index contributed by atoms with van der Waals surface area (Å²) >= 11 is 0. The molecule has 6 heteroatoms. The molecule has 1 aromatic heterocycles. The molecule has 0 aromatic carbocycles. The molecular formula is C9H9N3O3. The van der Waals surface area contributed by atoms with Crippen LogP contribution in [0.3, 0.4) is 0 Å². The van der Waals surface area contributed by atoms with E-state index in [0.717, 1.165) is 0 Å². The van der Waals surface area contributed by atoms with Crippen molar-refractivity contribution in [3.8, 4) is 12.3 Å². The van der Waals surface area contributed by atoms with Gasteiger partial charge in [0.15, 0.2) is 5.69 Å². The molecule has 0 bridgehead atoms. The monoisotopic (exact) mass is 207 g/mol. The first kappa shape index (κ1) is 10.8. The van der Waals surface area contributed by atoms with Crippen molar-refractivity contribution in [1.29, 1.82) is 0 Å². The standard InChI is InChI=1S/C9H9N3O3/c1-3-6-11(2)9(13)7-4-5-8(10-7)12(14)15/h1,4-5,10H,6H2,2H3. The SMILES string of the molecule is C#CCN(C)C(=O)c1ccc([N+](=O)[O-])[nH]1. The Morgan fingerprint density at radius 3 is 2.87 bits per heavy atom. The predicted molar refractivity (Wildman–Crippen MR) is 53.2 cm³/mol. The van der Waals surface area contributed by atoms with Crippen LogP contribution in [0.15, 0.2) is 12.1 Å². The molecule has 1 rings (SSSR count). The molecule has 0 unspecified atom stereocenters. The largest absolute Gasteiger partial charge is 0.358 e. The Hall–Kier alpha value is -2.29. The van der Waals surface area contributed by atoms with Crippen LogP contribution in [0.4, 0.5) is 5.82 Å². The predicted octanol–water partition coefficient (Wildman–Crippen LogP) is 0.628. The maximum atomic E-state index is 11.5. The third kappa shape index (κ3) is 2.34. The molecule has 0 aliphatic carbocycles. The van der Waals surface area contributed by atoms with Crippen molar-refractivity contribution in [2.24, 2.45) is 0 Å². The van der Waals surface area contributed by atoms with Crippen molar-refractivity contribution in [1.82, 2.24) is 9.88 Å². The minimum atomic E-state index is -0.599. The van der Waals surface area contributed by atoms with Crippen LogP contribution in [-0.2, 0) is 0 Å². The van der Waals surface area contributed by atoms with Crippen molar-refractivity contribution in [3.05, 3.63) is 27.9 Å². The number of rotatable bonds is 3. The third-order valence-electron chi connectivity index (χ3n) is 1.77. The highest BCUT2D eigenvalue weighted by atomic mass is 16.6. The number of aromatic amines is 1. The molecule has 0 fully saturated rings. The van der Waals surface area contributed by atoms with Crippen molar-refractivity contribution >= 4 is 11.7 Å². The molecule has 1 N–H and O–H groups in total. The summed E-state index contributed by atoms with van der Waals surface area (Å²) < 4.78 is 0. The molecule has 0 radical (unpaired) electrons. The van der Waals surface area contributed by atoms with Gasteiger partial charge < -0.3 is 15.0 Å².